The number of benzene rings is 1. The van der Waals surface area contributed by atoms with E-state index in [0.29, 0.717) is 18.9 Å². The zero-order valence-corrected chi connectivity index (χ0v) is 18.5. The monoisotopic (exact) mass is 417 g/mol. The van der Waals surface area contributed by atoms with Gasteiger partial charge in [0, 0.05) is 11.9 Å². The van der Waals surface area contributed by atoms with Gasteiger partial charge in [-0.15, -0.1) is 0 Å². The highest BCUT2D eigenvalue weighted by Gasteiger charge is 2.17. The van der Waals surface area contributed by atoms with Crippen LogP contribution >= 0.6 is 0 Å². The van der Waals surface area contributed by atoms with Crippen molar-refractivity contribution in [3.05, 3.63) is 82.2 Å². The molecule has 3 heterocycles. The Morgan fingerprint density at radius 2 is 1.74 bits per heavy atom. The normalized spacial score (nSPS) is 11.1. The Labute approximate surface area is 181 Å². The van der Waals surface area contributed by atoms with Crippen LogP contribution in [0.5, 0.6) is 0 Å². The lowest BCUT2D eigenvalue weighted by Gasteiger charge is -2.08. The number of nitrogens with zero attached hydrogens (tertiary/aromatic N) is 6. The molecule has 0 unspecified atom stereocenters. The molecule has 1 N–H and O–H groups in total. The molecule has 4 rings (SSSR count). The summed E-state index contributed by atoms with van der Waals surface area (Å²) in [6.45, 7) is 11.0. The SMILES string of the molecule is Cc1cc(C)n(Cn2ccc(C(=O)Nc3c(C)nn(Cc4ccccc4C)c3C)n2)n1. The second-order valence-electron chi connectivity index (χ2n) is 7.89. The van der Waals surface area contributed by atoms with E-state index in [9.17, 15) is 4.79 Å². The number of aromatic nitrogens is 6. The van der Waals surface area contributed by atoms with Crippen molar-refractivity contribution in [3.63, 3.8) is 0 Å². The van der Waals surface area contributed by atoms with E-state index in [0.717, 1.165) is 28.5 Å². The smallest absolute Gasteiger partial charge is 0.276 e. The molecule has 4 aromatic rings. The Balaban J connectivity index is 1.49. The predicted octanol–water partition coefficient (Wildman–Crippen LogP) is 3.62. The summed E-state index contributed by atoms with van der Waals surface area (Å²) in [4.78, 5) is 12.8. The maximum atomic E-state index is 12.8. The highest BCUT2D eigenvalue weighted by Crippen LogP contribution is 2.22. The molecule has 3 aromatic heterocycles. The van der Waals surface area contributed by atoms with E-state index < -0.39 is 0 Å². The molecule has 0 fully saturated rings. The van der Waals surface area contributed by atoms with Crippen LogP contribution < -0.4 is 5.32 Å². The summed E-state index contributed by atoms with van der Waals surface area (Å²) in [5, 5.41) is 16.5. The maximum absolute atomic E-state index is 12.8. The van der Waals surface area contributed by atoms with Crippen LogP contribution in [0, 0.1) is 34.6 Å². The fourth-order valence-corrected chi connectivity index (χ4v) is 3.68. The van der Waals surface area contributed by atoms with Crippen LogP contribution in [-0.4, -0.2) is 35.2 Å². The minimum absolute atomic E-state index is 0.256. The minimum Gasteiger partial charge on any atom is -0.317 e. The zero-order valence-electron chi connectivity index (χ0n) is 18.5. The Kier molecular flexibility index (Phi) is 5.46. The second-order valence-corrected chi connectivity index (χ2v) is 7.89. The summed E-state index contributed by atoms with van der Waals surface area (Å²) in [6.07, 6.45) is 1.78. The van der Waals surface area contributed by atoms with E-state index in [4.69, 9.17) is 0 Å². The van der Waals surface area contributed by atoms with Gasteiger partial charge in [-0.3, -0.25) is 14.2 Å². The van der Waals surface area contributed by atoms with E-state index in [1.807, 2.05) is 55.3 Å². The first-order chi connectivity index (χ1) is 14.8. The summed E-state index contributed by atoms with van der Waals surface area (Å²) in [6, 6.07) is 12.0. The molecule has 0 saturated heterocycles. The lowest BCUT2D eigenvalue weighted by molar-refractivity contribution is 0.102. The zero-order chi connectivity index (χ0) is 22.1. The van der Waals surface area contributed by atoms with Gasteiger partial charge in [0.05, 0.1) is 29.3 Å². The number of carbonyl (C=O) groups excluding carboxylic acids is 1. The van der Waals surface area contributed by atoms with Gasteiger partial charge in [0.25, 0.3) is 5.91 Å². The molecular formula is C23H27N7O. The van der Waals surface area contributed by atoms with E-state index in [2.05, 4.69) is 39.7 Å². The van der Waals surface area contributed by atoms with E-state index in [1.165, 1.54) is 11.1 Å². The van der Waals surface area contributed by atoms with Crippen LogP contribution in [0.3, 0.4) is 0 Å². The minimum atomic E-state index is -0.256. The van der Waals surface area contributed by atoms with Gasteiger partial charge in [0.2, 0.25) is 0 Å². The fraction of sp³-hybridized carbons (Fsp3) is 0.304. The van der Waals surface area contributed by atoms with Crippen molar-refractivity contribution in [1.82, 2.24) is 29.3 Å². The number of rotatable bonds is 6. The molecule has 0 atom stereocenters. The van der Waals surface area contributed by atoms with Gasteiger partial charge in [-0.25, -0.2) is 4.68 Å². The summed E-state index contributed by atoms with van der Waals surface area (Å²) >= 11 is 0. The Morgan fingerprint density at radius 3 is 2.45 bits per heavy atom. The van der Waals surface area contributed by atoms with Crippen molar-refractivity contribution in [2.24, 2.45) is 0 Å². The van der Waals surface area contributed by atoms with Crippen LogP contribution in [0.15, 0.2) is 42.6 Å². The Hall–Kier alpha value is -3.68. The van der Waals surface area contributed by atoms with E-state index >= 15 is 0 Å². The highest BCUT2D eigenvalue weighted by atomic mass is 16.2. The van der Waals surface area contributed by atoms with E-state index in [-0.39, 0.29) is 5.91 Å². The van der Waals surface area contributed by atoms with Gasteiger partial charge < -0.3 is 5.32 Å². The third-order valence-electron chi connectivity index (χ3n) is 5.46. The van der Waals surface area contributed by atoms with Crippen molar-refractivity contribution in [3.8, 4) is 0 Å². The molecule has 8 heteroatoms. The van der Waals surface area contributed by atoms with Crippen LogP contribution in [0.4, 0.5) is 5.69 Å². The largest absolute Gasteiger partial charge is 0.317 e. The summed E-state index contributed by atoms with van der Waals surface area (Å²) in [7, 11) is 0. The standard InChI is InChI=1S/C23H27N7O/c1-15-8-6-7-9-20(15)13-29-19(5)22(18(4)26-29)24-23(31)21-10-11-28(27-21)14-30-17(3)12-16(2)25-30/h6-12H,13-14H2,1-5H3,(H,24,31). The van der Waals surface area contributed by atoms with Crippen molar-refractivity contribution in [2.75, 3.05) is 5.32 Å². The molecule has 0 aliphatic heterocycles. The molecule has 8 nitrogen and oxygen atoms in total. The molecular weight excluding hydrogens is 390 g/mol. The average Bonchev–Trinajstić information content (AvgIpc) is 3.39. The van der Waals surface area contributed by atoms with Crippen molar-refractivity contribution in [1.29, 1.82) is 0 Å². The first kappa shape index (κ1) is 20.6. The van der Waals surface area contributed by atoms with Gasteiger partial charge in [0.15, 0.2) is 5.69 Å². The van der Waals surface area contributed by atoms with Gasteiger partial charge in [-0.05, 0) is 57.9 Å². The number of anilines is 1. The number of aryl methyl sites for hydroxylation is 4. The van der Waals surface area contributed by atoms with Crippen molar-refractivity contribution in [2.45, 2.75) is 47.8 Å². The molecule has 1 amide bonds. The fourth-order valence-electron chi connectivity index (χ4n) is 3.68. The number of nitrogens with one attached hydrogen (secondary N) is 1. The van der Waals surface area contributed by atoms with Gasteiger partial charge >= 0.3 is 0 Å². The third-order valence-corrected chi connectivity index (χ3v) is 5.46. The number of amides is 1. The molecule has 160 valence electrons. The first-order valence-corrected chi connectivity index (χ1v) is 10.3. The molecule has 1 aromatic carbocycles. The lowest BCUT2D eigenvalue weighted by Crippen LogP contribution is -2.16. The molecule has 0 saturated carbocycles. The molecule has 31 heavy (non-hydrogen) atoms. The molecule has 0 bridgehead atoms. The maximum Gasteiger partial charge on any atom is 0.276 e. The van der Waals surface area contributed by atoms with Crippen LogP contribution in [0.25, 0.3) is 0 Å². The van der Waals surface area contributed by atoms with Crippen LogP contribution in [0.1, 0.15) is 44.4 Å². The molecule has 0 aliphatic carbocycles. The van der Waals surface area contributed by atoms with E-state index in [1.54, 1.807) is 16.9 Å². The quantitative estimate of drug-likeness (QED) is 0.519. The number of hydrogen-bond acceptors (Lipinski definition) is 4. The summed E-state index contributed by atoms with van der Waals surface area (Å²) in [5.74, 6) is -0.256. The summed E-state index contributed by atoms with van der Waals surface area (Å²) in [5.41, 5.74) is 7.20. The van der Waals surface area contributed by atoms with Crippen molar-refractivity contribution >= 4 is 11.6 Å². The summed E-state index contributed by atoms with van der Waals surface area (Å²) < 4.78 is 5.48. The van der Waals surface area contributed by atoms with Gasteiger partial charge in [0.1, 0.15) is 6.67 Å². The topological polar surface area (TPSA) is 82.6 Å². The Morgan fingerprint density at radius 1 is 0.968 bits per heavy atom. The molecule has 0 radical (unpaired) electrons. The van der Waals surface area contributed by atoms with Crippen molar-refractivity contribution < 1.29 is 4.79 Å². The number of carbonyl (C=O) groups is 1. The lowest BCUT2D eigenvalue weighted by atomic mass is 10.1. The number of hydrogen-bond donors (Lipinski definition) is 1. The predicted molar refractivity (Wildman–Crippen MR) is 119 cm³/mol. The van der Waals surface area contributed by atoms with Gasteiger partial charge in [-0.1, -0.05) is 24.3 Å². The van der Waals surface area contributed by atoms with Crippen LogP contribution in [-0.2, 0) is 13.2 Å². The van der Waals surface area contributed by atoms with Gasteiger partial charge in [-0.2, -0.15) is 15.3 Å². The second kappa shape index (κ2) is 8.22. The molecule has 0 aliphatic rings. The molecule has 0 spiro atoms. The highest BCUT2D eigenvalue weighted by molar-refractivity contribution is 6.03. The average molecular weight is 418 g/mol. The third kappa shape index (κ3) is 4.28. The Bertz CT molecular complexity index is 1240. The van der Waals surface area contributed by atoms with Crippen LogP contribution in [0.2, 0.25) is 0 Å². The first-order valence-electron chi connectivity index (χ1n) is 10.3.